The molecular formula is C15H21FN4O. The zero-order chi connectivity index (χ0) is 14.7. The molecule has 0 amide bonds. The van der Waals surface area contributed by atoms with E-state index in [9.17, 15) is 4.39 Å². The second-order valence-corrected chi connectivity index (χ2v) is 5.35. The van der Waals surface area contributed by atoms with Crippen molar-refractivity contribution in [3.05, 3.63) is 24.0 Å². The predicted octanol–water partition coefficient (Wildman–Crippen LogP) is 1.91. The van der Waals surface area contributed by atoms with Gasteiger partial charge in [-0.2, -0.15) is 0 Å². The fourth-order valence-corrected chi connectivity index (χ4v) is 2.65. The van der Waals surface area contributed by atoms with E-state index in [1.165, 1.54) is 12.1 Å². The van der Waals surface area contributed by atoms with Crippen LogP contribution in [0.4, 0.5) is 10.3 Å². The minimum atomic E-state index is -0.249. The van der Waals surface area contributed by atoms with Crippen molar-refractivity contribution in [2.45, 2.75) is 19.4 Å². The summed E-state index contributed by atoms with van der Waals surface area (Å²) < 4.78 is 18.9. The van der Waals surface area contributed by atoms with Gasteiger partial charge in [-0.15, -0.1) is 0 Å². The Bertz CT molecular complexity index is 600. The van der Waals surface area contributed by atoms with Crippen LogP contribution in [0, 0.1) is 5.82 Å². The standard InChI is InChI=1S/C15H21FN4O/c1-2-5-17-9-12-10-21-7-6-20(12)15-18-13-4-3-11(16)8-14(13)19-15/h3-4,8,12,17H,2,5-7,9-10H2,1H3,(H,18,19). The van der Waals surface area contributed by atoms with Crippen molar-refractivity contribution >= 4 is 17.0 Å². The second kappa shape index (κ2) is 6.41. The molecule has 1 aromatic heterocycles. The van der Waals surface area contributed by atoms with E-state index < -0.39 is 0 Å². The molecule has 1 aliphatic rings. The molecule has 1 unspecified atom stereocenters. The first kappa shape index (κ1) is 14.3. The molecule has 0 aliphatic carbocycles. The molecule has 2 aromatic rings. The fourth-order valence-electron chi connectivity index (χ4n) is 2.65. The van der Waals surface area contributed by atoms with E-state index >= 15 is 0 Å². The second-order valence-electron chi connectivity index (χ2n) is 5.35. The lowest BCUT2D eigenvalue weighted by Gasteiger charge is -2.35. The highest BCUT2D eigenvalue weighted by Gasteiger charge is 2.25. The summed E-state index contributed by atoms with van der Waals surface area (Å²) in [5.41, 5.74) is 1.52. The number of aromatic nitrogens is 2. The highest BCUT2D eigenvalue weighted by atomic mass is 19.1. The maximum absolute atomic E-state index is 13.3. The number of benzene rings is 1. The van der Waals surface area contributed by atoms with Crippen molar-refractivity contribution in [1.29, 1.82) is 0 Å². The molecule has 0 bridgehead atoms. The van der Waals surface area contributed by atoms with E-state index in [4.69, 9.17) is 4.74 Å². The number of nitrogens with zero attached hydrogens (tertiary/aromatic N) is 2. The van der Waals surface area contributed by atoms with Crippen LogP contribution in [0.3, 0.4) is 0 Å². The number of anilines is 1. The first-order chi connectivity index (χ1) is 10.3. The Kier molecular flexibility index (Phi) is 4.36. The van der Waals surface area contributed by atoms with Gasteiger partial charge in [-0.25, -0.2) is 9.37 Å². The van der Waals surface area contributed by atoms with Gasteiger partial charge in [0.15, 0.2) is 0 Å². The van der Waals surface area contributed by atoms with Crippen molar-refractivity contribution in [3.8, 4) is 0 Å². The molecule has 1 saturated heterocycles. The lowest BCUT2D eigenvalue weighted by molar-refractivity contribution is 0.0930. The number of nitrogens with one attached hydrogen (secondary N) is 2. The van der Waals surface area contributed by atoms with Crippen molar-refractivity contribution in [1.82, 2.24) is 15.3 Å². The van der Waals surface area contributed by atoms with E-state index in [1.807, 2.05) is 0 Å². The topological polar surface area (TPSA) is 53.2 Å². The molecule has 1 aromatic carbocycles. The first-order valence-corrected chi connectivity index (χ1v) is 7.48. The molecule has 2 heterocycles. The lowest BCUT2D eigenvalue weighted by atomic mass is 10.2. The van der Waals surface area contributed by atoms with Crippen LogP contribution < -0.4 is 10.2 Å². The quantitative estimate of drug-likeness (QED) is 0.827. The van der Waals surface area contributed by atoms with Gasteiger partial charge in [0.2, 0.25) is 5.95 Å². The minimum absolute atomic E-state index is 0.246. The number of halogens is 1. The van der Waals surface area contributed by atoms with Gasteiger partial charge in [-0.1, -0.05) is 6.92 Å². The highest BCUT2D eigenvalue weighted by molar-refractivity contribution is 5.77. The Morgan fingerprint density at radius 3 is 3.29 bits per heavy atom. The van der Waals surface area contributed by atoms with Crippen molar-refractivity contribution in [3.63, 3.8) is 0 Å². The van der Waals surface area contributed by atoms with Crippen LogP contribution in [0.5, 0.6) is 0 Å². The van der Waals surface area contributed by atoms with Gasteiger partial charge in [0.05, 0.1) is 30.3 Å². The van der Waals surface area contributed by atoms with Gasteiger partial charge in [-0.3, -0.25) is 0 Å². The molecule has 0 radical (unpaired) electrons. The summed E-state index contributed by atoms with van der Waals surface area (Å²) >= 11 is 0. The van der Waals surface area contributed by atoms with E-state index in [1.54, 1.807) is 6.07 Å². The molecule has 5 nitrogen and oxygen atoms in total. The van der Waals surface area contributed by atoms with E-state index in [0.29, 0.717) is 13.2 Å². The number of ether oxygens (including phenoxy) is 1. The molecule has 2 N–H and O–H groups in total. The van der Waals surface area contributed by atoms with Gasteiger partial charge < -0.3 is 19.9 Å². The number of aromatic amines is 1. The molecule has 6 heteroatoms. The maximum Gasteiger partial charge on any atom is 0.204 e. The third-order valence-electron chi connectivity index (χ3n) is 3.74. The smallest absolute Gasteiger partial charge is 0.204 e. The van der Waals surface area contributed by atoms with Gasteiger partial charge >= 0.3 is 0 Å². The number of H-pyrrole nitrogens is 1. The summed E-state index contributed by atoms with van der Waals surface area (Å²) in [5, 5.41) is 3.42. The lowest BCUT2D eigenvalue weighted by Crippen LogP contribution is -2.51. The van der Waals surface area contributed by atoms with Crippen LogP contribution >= 0.6 is 0 Å². The number of rotatable bonds is 5. The number of morpholine rings is 1. The Morgan fingerprint density at radius 1 is 1.52 bits per heavy atom. The number of hydrogen-bond acceptors (Lipinski definition) is 4. The molecule has 1 fully saturated rings. The monoisotopic (exact) mass is 292 g/mol. The molecule has 1 aliphatic heterocycles. The SMILES string of the molecule is CCCNCC1COCCN1c1nc2ccc(F)cc2[nH]1. The van der Waals surface area contributed by atoms with E-state index in [0.717, 1.165) is 43.0 Å². The predicted molar refractivity (Wildman–Crippen MR) is 81.2 cm³/mol. The summed E-state index contributed by atoms with van der Waals surface area (Å²) in [6.45, 7) is 6.17. The zero-order valence-corrected chi connectivity index (χ0v) is 12.2. The molecule has 3 rings (SSSR count). The Morgan fingerprint density at radius 2 is 2.43 bits per heavy atom. The Labute approximate surface area is 123 Å². The van der Waals surface area contributed by atoms with Crippen molar-refractivity contribution in [2.24, 2.45) is 0 Å². The normalized spacial score (nSPS) is 19.3. The average molecular weight is 292 g/mol. The average Bonchev–Trinajstić information content (AvgIpc) is 2.91. The summed E-state index contributed by atoms with van der Waals surface area (Å²) in [6, 6.07) is 4.87. The molecule has 0 spiro atoms. The van der Waals surface area contributed by atoms with Crippen LogP contribution in [0.2, 0.25) is 0 Å². The number of hydrogen-bond donors (Lipinski definition) is 2. The van der Waals surface area contributed by atoms with Crippen molar-refractivity contribution in [2.75, 3.05) is 37.7 Å². The van der Waals surface area contributed by atoms with Gasteiger partial charge in [0, 0.05) is 13.1 Å². The van der Waals surface area contributed by atoms with Crippen LogP contribution in [0.25, 0.3) is 11.0 Å². The van der Waals surface area contributed by atoms with Gasteiger partial charge in [-0.05, 0) is 31.2 Å². The zero-order valence-electron chi connectivity index (χ0n) is 12.2. The van der Waals surface area contributed by atoms with Crippen LogP contribution in [0.15, 0.2) is 18.2 Å². The molecule has 1 atom stereocenters. The van der Waals surface area contributed by atoms with Gasteiger partial charge in [0.25, 0.3) is 0 Å². The third kappa shape index (κ3) is 3.16. The highest BCUT2D eigenvalue weighted by Crippen LogP contribution is 2.21. The van der Waals surface area contributed by atoms with Gasteiger partial charge in [0.1, 0.15) is 5.82 Å². The number of fused-ring (bicyclic) bond motifs is 1. The van der Waals surface area contributed by atoms with E-state index in [-0.39, 0.29) is 11.9 Å². The number of imidazole rings is 1. The fraction of sp³-hybridized carbons (Fsp3) is 0.533. The van der Waals surface area contributed by atoms with Crippen LogP contribution in [-0.4, -0.2) is 48.9 Å². The molecule has 114 valence electrons. The third-order valence-corrected chi connectivity index (χ3v) is 3.74. The van der Waals surface area contributed by atoms with Crippen molar-refractivity contribution < 1.29 is 9.13 Å². The molecule has 21 heavy (non-hydrogen) atoms. The summed E-state index contributed by atoms with van der Waals surface area (Å²) in [5.74, 6) is 0.544. The Balaban J connectivity index is 1.80. The maximum atomic E-state index is 13.3. The molecule has 0 saturated carbocycles. The summed E-state index contributed by atoms with van der Waals surface area (Å²) in [7, 11) is 0. The summed E-state index contributed by atoms with van der Waals surface area (Å²) in [4.78, 5) is 10.0. The first-order valence-electron chi connectivity index (χ1n) is 7.48. The van der Waals surface area contributed by atoms with Crippen LogP contribution in [0.1, 0.15) is 13.3 Å². The molecular weight excluding hydrogens is 271 g/mol. The largest absolute Gasteiger partial charge is 0.377 e. The Hall–Kier alpha value is -1.66. The summed E-state index contributed by atoms with van der Waals surface area (Å²) in [6.07, 6.45) is 1.11. The minimum Gasteiger partial charge on any atom is -0.377 e. The van der Waals surface area contributed by atoms with Crippen LogP contribution in [-0.2, 0) is 4.74 Å². The van der Waals surface area contributed by atoms with E-state index in [2.05, 4.69) is 27.1 Å².